The maximum Gasteiger partial charge on any atom is 0.0991 e. The van der Waals surface area contributed by atoms with E-state index in [9.17, 15) is 0 Å². The second-order valence-electron chi connectivity index (χ2n) is 6.36. The number of nitrogens with zero attached hydrogens (tertiary/aromatic N) is 3. The van der Waals surface area contributed by atoms with Crippen molar-refractivity contribution < 1.29 is 0 Å². The Morgan fingerprint density at radius 3 is 2.52 bits per heavy atom. The summed E-state index contributed by atoms with van der Waals surface area (Å²) < 4.78 is 2.16. The summed E-state index contributed by atoms with van der Waals surface area (Å²) in [6.45, 7) is 2.76. The van der Waals surface area contributed by atoms with Crippen molar-refractivity contribution in [2.24, 2.45) is 0 Å². The van der Waals surface area contributed by atoms with Gasteiger partial charge in [0.2, 0.25) is 0 Å². The van der Waals surface area contributed by atoms with E-state index in [1.54, 1.807) is 0 Å². The smallest absolute Gasteiger partial charge is 0.0991 e. The first-order valence-electron chi connectivity index (χ1n) is 8.69. The molecule has 0 saturated carbocycles. The normalized spacial score (nSPS) is 13.7. The Morgan fingerprint density at radius 1 is 1.00 bits per heavy atom. The summed E-state index contributed by atoms with van der Waals surface area (Å²) in [5.74, 6) is 0. The third-order valence-corrected chi connectivity index (χ3v) is 4.72. The lowest BCUT2D eigenvalue weighted by atomic mass is 10.0. The third kappa shape index (κ3) is 3.19. The molecule has 1 aliphatic heterocycles. The number of hydrogen-bond acceptors (Lipinski definition) is 3. The maximum atomic E-state index is 9.02. The molecule has 4 nitrogen and oxygen atoms in total. The summed E-state index contributed by atoms with van der Waals surface area (Å²) in [6.07, 6.45) is 1.98. The average molecular weight is 328 g/mol. The molecule has 0 bridgehead atoms. The Bertz CT molecular complexity index is 902. The van der Waals surface area contributed by atoms with Crippen LogP contribution in [-0.2, 0) is 19.4 Å². The highest BCUT2D eigenvalue weighted by atomic mass is 15.3. The van der Waals surface area contributed by atoms with Crippen molar-refractivity contribution in [1.82, 2.24) is 15.1 Å². The molecule has 0 saturated heterocycles. The first-order chi connectivity index (χ1) is 12.3. The summed E-state index contributed by atoms with van der Waals surface area (Å²) in [5, 5.41) is 17.5. The second-order valence-corrected chi connectivity index (χ2v) is 6.36. The fraction of sp³-hybridized carbons (Fsp3) is 0.238. The summed E-state index contributed by atoms with van der Waals surface area (Å²) in [7, 11) is 0. The van der Waals surface area contributed by atoms with E-state index in [0.29, 0.717) is 5.56 Å². The van der Waals surface area contributed by atoms with Gasteiger partial charge in [-0.2, -0.15) is 10.4 Å². The van der Waals surface area contributed by atoms with Gasteiger partial charge in [-0.3, -0.25) is 4.68 Å². The molecule has 2 heterocycles. The molecule has 4 heteroatoms. The van der Waals surface area contributed by atoms with E-state index in [2.05, 4.69) is 40.3 Å². The zero-order chi connectivity index (χ0) is 17.1. The quantitative estimate of drug-likeness (QED) is 0.803. The van der Waals surface area contributed by atoms with Gasteiger partial charge in [-0.15, -0.1) is 0 Å². The highest BCUT2D eigenvalue weighted by molar-refractivity contribution is 5.65. The van der Waals surface area contributed by atoms with Crippen LogP contribution in [0.5, 0.6) is 0 Å². The highest BCUT2D eigenvalue weighted by Gasteiger charge is 2.20. The molecule has 1 aromatic heterocycles. The SMILES string of the molecule is N#Cc1ccc(-c2nn(Cc3ccccc3)c3c2CCNCC3)cc1. The van der Waals surface area contributed by atoms with E-state index < -0.39 is 0 Å². The predicted molar refractivity (Wildman–Crippen MR) is 98.2 cm³/mol. The highest BCUT2D eigenvalue weighted by Crippen LogP contribution is 2.28. The molecular formula is C21H20N4. The number of nitriles is 1. The van der Waals surface area contributed by atoms with E-state index in [0.717, 1.165) is 43.7 Å². The number of fused-ring (bicyclic) bond motifs is 1. The topological polar surface area (TPSA) is 53.6 Å². The van der Waals surface area contributed by atoms with Crippen LogP contribution in [0.1, 0.15) is 22.4 Å². The summed E-state index contributed by atoms with van der Waals surface area (Å²) >= 11 is 0. The van der Waals surface area contributed by atoms with Crippen LogP contribution < -0.4 is 5.32 Å². The fourth-order valence-corrected chi connectivity index (χ4v) is 3.44. The Kier molecular flexibility index (Phi) is 4.32. The van der Waals surface area contributed by atoms with Crippen LogP contribution in [-0.4, -0.2) is 22.9 Å². The van der Waals surface area contributed by atoms with Crippen molar-refractivity contribution in [1.29, 1.82) is 5.26 Å². The van der Waals surface area contributed by atoms with Gasteiger partial charge in [0, 0.05) is 29.8 Å². The summed E-state index contributed by atoms with van der Waals surface area (Å²) in [4.78, 5) is 0. The van der Waals surface area contributed by atoms with Gasteiger partial charge in [-0.1, -0.05) is 42.5 Å². The van der Waals surface area contributed by atoms with E-state index in [1.165, 1.54) is 16.8 Å². The molecule has 124 valence electrons. The lowest BCUT2D eigenvalue weighted by Gasteiger charge is -2.07. The van der Waals surface area contributed by atoms with Gasteiger partial charge in [0.1, 0.15) is 0 Å². The predicted octanol–water partition coefficient (Wildman–Crippen LogP) is 3.16. The van der Waals surface area contributed by atoms with Crippen LogP contribution in [0.15, 0.2) is 54.6 Å². The molecule has 0 spiro atoms. The molecule has 0 amide bonds. The molecule has 2 aromatic carbocycles. The van der Waals surface area contributed by atoms with Gasteiger partial charge < -0.3 is 5.32 Å². The van der Waals surface area contributed by atoms with Crippen LogP contribution >= 0.6 is 0 Å². The molecule has 0 fully saturated rings. The minimum Gasteiger partial charge on any atom is -0.316 e. The maximum absolute atomic E-state index is 9.02. The number of aromatic nitrogens is 2. The molecule has 0 aliphatic carbocycles. The summed E-state index contributed by atoms with van der Waals surface area (Å²) in [6, 6.07) is 20.4. The van der Waals surface area contributed by atoms with Crippen LogP contribution in [0.25, 0.3) is 11.3 Å². The largest absolute Gasteiger partial charge is 0.316 e. The Hall–Kier alpha value is -2.90. The van der Waals surface area contributed by atoms with E-state index in [1.807, 2.05) is 30.3 Å². The zero-order valence-corrected chi connectivity index (χ0v) is 14.1. The second kappa shape index (κ2) is 6.92. The summed E-state index contributed by atoms with van der Waals surface area (Å²) in [5.41, 5.74) is 6.75. The van der Waals surface area contributed by atoms with Crippen molar-refractivity contribution >= 4 is 0 Å². The number of hydrogen-bond donors (Lipinski definition) is 1. The monoisotopic (exact) mass is 328 g/mol. The van der Waals surface area contributed by atoms with E-state index in [-0.39, 0.29) is 0 Å². The minimum absolute atomic E-state index is 0.681. The molecule has 0 atom stereocenters. The van der Waals surface area contributed by atoms with Crippen molar-refractivity contribution in [2.45, 2.75) is 19.4 Å². The number of nitrogens with one attached hydrogen (secondary N) is 1. The first kappa shape index (κ1) is 15.6. The molecule has 3 aromatic rings. The van der Waals surface area contributed by atoms with Crippen LogP contribution in [0.3, 0.4) is 0 Å². The Balaban J connectivity index is 1.77. The van der Waals surface area contributed by atoms with Crippen molar-refractivity contribution in [3.63, 3.8) is 0 Å². The zero-order valence-electron chi connectivity index (χ0n) is 14.1. The van der Waals surface area contributed by atoms with E-state index >= 15 is 0 Å². The first-order valence-corrected chi connectivity index (χ1v) is 8.69. The number of rotatable bonds is 3. The molecule has 1 aliphatic rings. The van der Waals surface area contributed by atoms with E-state index in [4.69, 9.17) is 10.4 Å². The van der Waals surface area contributed by atoms with Crippen molar-refractivity contribution in [2.75, 3.05) is 13.1 Å². The minimum atomic E-state index is 0.681. The average Bonchev–Trinajstić information content (AvgIpc) is 2.84. The van der Waals surface area contributed by atoms with Crippen LogP contribution in [0.4, 0.5) is 0 Å². The molecule has 0 unspecified atom stereocenters. The van der Waals surface area contributed by atoms with Crippen molar-refractivity contribution in [3.05, 3.63) is 77.0 Å². The molecule has 4 rings (SSSR count). The van der Waals surface area contributed by atoms with Crippen LogP contribution in [0.2, 0.25) is 0 Å². The van der Waals surface area contributed by atoms with Gasteiger partial charge >= 0.3 is 0 Å². The van der Waals surface area contributed by atoms with Gasteiger partial charge in [0.05, 0.1) is 23.9 Å². The molecule has 1 N–H and O–H groups in total. The molecule has 0 radical (unpaired) electrons. The van der Waals surface area contributed by atoms with Gasteiger partial charge in [0.25, 0.3) is 0 Å². The van der Waals surface area contributed by atoms with Crippen molar-refractivity contribution in [3.8, 4) is 17.3 Å². The Labute approximate surface area is 147 Å². The lowest BCUT2D eigenvalue weighted by molar-refractivity contribution is 0.628. The molecule has 25 heavy (non-hydrogen) atoms. The Morgan fingerprint density at radius 2 is 1.76 bits per heavy atom. The fourth-order valence-electron chi connectivity index (χ4n) is 3.44. The van der Waals surface area contributed by atoms with Crippen LogP contribution in [0, 0.1) is 11.3 Å². The van der Waals surface area contributed by atoms with Gasteiger partial charge in [-0.05, 0) is 30.7 Å². The standard InChI is InChI=1S/C21H20N4/c22-14-16-6-8-18(9-7-16)21-19-10-12-23-13-11-20(19)25(24-21)15-17-4-2-1-3-5-17/h1-9,23H,10-13,15H2. The van der Waals surface area contributed by atoms with Gasteiger partial charge in [-0.25, -0.2) is 0 Å². The number of benzene rings is 2. The molecular weight excluding hydrogens is 308 g/mol. The lowest BCUT2D eigenvalue weighted by Crippen LogP contribution is -2.17. The van der Waals surface area contributed by atoms with Gasteiger partial charge in [0.15, 0.2) is 0 Å². The third-order valence-electron chi connectivity index (χ3n) is 4.72.